The number of hydrogen-bond donors (Lipinski definition) is 1. The number of aromatic nitrogens is 3. The van der Waals surface area contributed by atoms with E-state index < -0.39 is 0 Å². The maximum atomic E-state index is 11.1. The van der Waals surface area contributed by atoms with Gasteiger partial charge in [0, 0.05) is 0 Å². The van der Waals surface area contributed by atoms with Crippen LogP contribution in [0.1, 0.15) is 0 Å². The Morgan fingerprint density at radius 1 is 1.58 bits per heavy atom. The zero-order valence-corrected chi connectivity index (χ0v) is 8.66. The van der Waals surface area contributed by atoms with Crippen molar-refractivity contribution in [1.82, 2.24) is 12.7 Å². The number of anilines is 1. The number of hydrogen-bond acceptors (Lipinski definition) is 5. The normalized spacial score (nSPS) is 10.8. The number of thiazole rings is 1. The molecule has 7 heteroatoms. The van der Waals surface area contributed by atoms with Crippen molar-refractivity contribution in [2.45, 2.75) is 0 Å². The first-order valence-corrected chi connectivity index (χ1v) is 4.76. The molecule has 0 bridgehead atoms. The van der Waals surface area contributed by atoms with Gasteiger partial charge in [0.25, 0.3) is 0 Å². The molecule has 0 aliphatic carbocycles. The fraction of sp³-hybridized carbons (Fsp3) is 0. The van der Waals surface area contributed by atoms with Crippen LogP contribution in [0.2, 0.25) is 0 Å². The summed E-state index contributed by atoms with van der Waals surface area (Å²) in [6.45, 7) is 0. The van der Waals surface area contributed by atoms with Crippen molar-refractivity contribution in [2.75, 3.05) is 5.73 Å². The summed E-state index contributed by atoms with van der Waals surface area (Å²) in [5.74, 6) is 0.359. The standard InChI is InChI=1S/C5H3IN4OS/c6-10-4-2(12-5(10)11)3(7)8-1-9-4/h1H,(H2,7,8,9). The SMILES string of the molecule is Nc1ncnc2c1sc(=O)n2I. The Morgan fingerprint density at radius 2 is 2.33 bits per heavy atom. The number of nitrogens with two attached hydrogens (primary N) is 1. The van der Waals surface area contributed by atoms with Crippen LogP contribution in [-0.4, -0.2) is 12.7 Å². The maximum Gasteiger partial charge on any atom is 0.318 e. The van der Waals surface area contributed by atoms with Crippen molar-refractivity contribution in [1.29, 1.82) is 0 Å². The van der Waals surface area contributed by atoms with Crippen LogP contribution in [0.3, 0.4) is 0 Å². The van der Waals surface area contributed by atoms with E-state index in [4.69, 9.17) is 5.73 Å². The van der Waals surface area contributed by atoms with Crippen LogP contribution in [0.5, 0.6) is 0 Å². The average molecular weight is 294 g/mol. The van der Waals surface area contributed by atoms with E-state index in [1.807, 2.05) is 22.9 Å². The Balaban J connectivity index is 3.05. The molecule has 2 rings (SSSR count). The van der Waals surface area contributed by atoms with Gasteiger partial charge in [0.2, 0.25) is 0 Å². The van der Waals surface area contributed by atoms with E-state index in [1.165, 1.54) is 9.11 Å². The van der Waals surface area contributed by atoms with Gasteiger partial charge >= 0.3 is 4.87 Å². The van der Waals surface area contributed by atoms with Crippen molar-refractivity contribution < 1.29 is 0 Å². The van der Waals surface area contributed by atoms with Crippen LogP contribution in [0.4, 0.5) is 5.82 Å². The van der Waals surface area contributed by atoms with Crippen molar-refractivity contribution in [3.8, 4) is 0 Å². The molecule has 0 saturated heterocycles. The fourth-order valence-electron chi connectivity index (χ4n) is 0.829. The molecule has 0 aromatic carbocycles. The summed E-state index contributed by atoms with van der Waals surface area (Å²) in [5.41, 5.74) is 6.12. The average Bonchev–Trinajstić information content (AvgIpc) is 2.32. The van der Waals surface area contributed by atoms with Gasteiger partial charge in [0.15, 0.2) is 5.65 Å². The first-order chi connectivity index (χ1) is 5.70. The lowest BCUT2D eigenvalue weighted by molar-refractivity contribution is 1.19. The summed E-state index contributed by atoms with van der Waals surface area (Å²) < 4.78 is 2.08. The number of nitrogen functional groups attached to an aromatic ring is 1. The molecule has 0 spiro atoms. The molecule has 0 atom stereocenters. The van der Waals surface area contributed by atoms with Crippen LogP contribution in [0, 0.1) is 0 Å². The lowest BCUT2D eigenvalue weighted by Gasteiger charge is -1.91. The van der Waals surface area contributed by atoms with Gasteiger partial charge in [-0.05, 0) is 0 Å². The number of fused-ring (bicyclic) bond motifs is 1. The second-order valence-electron chi connectivity index (χ2n) is 2.06. The van der Waals surface area contributed by atoms with Gasteiger partial charge in [-0.1, -0.05) is 11.3 Å². The maximum absolute atomic E-state index is 11.1. The van der Waals surface area contributed by atoms with E-state index in [-0.39, 0.29) is 4.87 Å². The minimum Gasteiger partial charge on any atom is -0.382 e. The third kappa shape index (κ3) is 1.00. The summed E-state index contributed by atoms with van der Waals surface area (Å²) >= 11 is 2.94. The summed E-state index contributed by atoms with van der Waals surface area (Å²) in [4.78, 5) is 18.8. The molecule has 0 aliphatic heterocycles. The summed E-state index contributed by atoms with van der Waals surface area (Å²) in [7, 11) is 0. The highest BCUT2D eigenvalue weighted by molar-refractivity contribution is 14.1. The zero-order chi connectivity index (χ0) is 8.72. The van der Waals surface area contributed by atoms with Crippen molar-refractivity contribution in [3.05, 3.63) is 16.0 Å². The zero-order valence-electron chi connectivity index (χ0n) is 5.69. The lowest BCUT2D eigenvalue weighted by Crippen LogP contribution is -2.01. The van der Waals surface area contributed by atoms with E-state index in [0.29, 0.717) is 16.2 Å². The quantitative estimate of drug-likeness (QED) is 0.723. The van der Waals surface area contributed by atoms with Crippen molar-refractivity contribution >= 4 is 50.4 Å². The minimum absolute atomic E-state index is 0.0854. The Morgan fingerprint density at radius 3 is 3.00 bits per heavy atom. The van der Waals surface area contributed by atoms with Gasteiger partial charge in [-0.3, -0.25) is 4.79 Å². The predicted molar refractivity (Wildman–Crippen MR) is 55.5 cm³/mol. The topological polar surface area (TPSA) is 73.8 Å². The van der Waals surface area contributed by atoms with Crippen LogP contribution >= 0.6 is 34.2 Å². The number of nitrogens with zero attached hydrogens (tertiary/aromatic N) is 3. The van der Waals surface area contributed by atoms with E-state index in [2.05, 4.69) is 9.97 Å². The molecule has 2 aromatic heterocycles. The molecule has 0 saturated carbocycles. The second-order valence-corrected chi connectivity index (χ2v) is 3.99. The smallest absolute Gasteiger partial charge is 0.318 e. The fourth-order valence-corrected chi connectivity index (χ4v) is 2.39. The third-order valence-corrected chi connectivity index (χ3v) is 3.52. The molecular weight excluding hydrogens is 291 g/mol. The Labute approximate surface area is 84.7 Å². The molecule has 2 heterocycles. The lowest BCUT2D eigenvalue weighted by atomic mass is 10.6. The molecule has 0 fully saturated rings. The van der Waals surface area contributed by atoms with Crippen LogP contribution in [0.15, 0.2) is 11.1 Å². The minimum atomic E-state index is -0.0854. The van der Waals surface area contributed by atoms with Gasteiger partial charge in [0.1, 0.15) is 16.8 Å². The highest BCUT2D eigenvalue weighted by Gasteiger charge is 2.08. The molecule has 0 radical (unpaired) electrons. The summed E-state index contributed by atoms with van der Waals surface area (Å²) in [6, 6.07) is 0. The number of rotatable bonds is 0. The summed E-state index contributed by atoms with van der Waals surface area (Å²) in [6.07, 6.45) is 1.35. The number of halogens is 1. The van der Waals surface area contributed by atoms with Crippen molar-refractivity contribution in [2.24, 2.45) is 0 Å². The second kappa shape index (κ2) is 2.66. The monoisotopic (exact) mass is 294 g/mol. The van der Waals surface area contributed by atoms with Gasteiger partial charge < -0.3 is 5.73 Å². The Kier molecular flexibility index (Phi) is 1.76. The van der Waals surface area contributed by atoms with E-state index in [9.17, 15) is 4.79 Å². The first-order valence-electron chi connectivity index (χ1n) is 2.98. The van der Waals surface area contributed by atoms with Crippen LogP contribution < -0.4 is 10.6 Å². The summed E-state index contributed by atoms with van der Waals surface area (Å²) in [5, 5.41) is 0. The van der Waals surface area contributed by atoms with E-state index in [1.54, 1.807) is 0 Å². The van der Waals surface area contributed by atoms with Gasteiger partial charge in [0.05, 0.1) is 22.9 Å². The highest BCUT2D eigenvalue weighted by atomic mass is 127. The molecule has 62 valence electrons. The van der Waals surface area contributed by atoms with Crippen LogP contribution in [0.25, 0.3) is 10.3 Å². The largest absolute Gasteiger partial charge is 0.382 e. The molecular formula is C5H3IN4OS. The van der Waals surface area contributed by atoms with E-state index >= 15 is 0 Å². The molecule has 5 nitrogen and oxygen atoms in total. The highest BCUT2D eigenvalue weighted by Crippen LogP contribution is 2.20. The molecule has 12 heavy (non-hydrogen) atoms. The van der Waals surface area contributed by atoms with E-state index in [0.717, 1.165) is 11.3 Å². The van der Waals surface area contributed by atoms with Crippen molar-refractivity contribution in [3.63, 3.8) is 0 Å². The van der Waals surface area contributed by atoms with Crippen LogP contribution in [-0.2, 0) is 0 Å². The van der Waals surface area contributed by atoms with Gasteiger partial charge in [-0.25, -0.2) is 12.7 Å². The molecule has 0 unspecified atom stereocenters. The molecule has 0 aliphatic rings. The Hall–Kier alpha value is -0.700. The molecule has 0 amide bonds. The molecule has 2 N–H and O–H groups in total. The van der Waals surface area contributed by atoms with Gasteiger partial charge in [-0.2, -0.15) is 0 Å². The predicted octanol–water partition coefficient (Wildman–Crippen LogP) is 0.633. The first kappa shape index (κ1) is 7.92. The Bertz CT molecular complexity index is 490. The molecule has 2 aromatic rings. The third-order valence-electron chi connectivity index (χ3n) is 1.35. The van der Waals surface area contributed by atoms with Gasteiger partial charge in [-0.15, -0.1) is 0 Å².